The molecule has 18 heavy (non-hydrogen) atoms. The van der Waals surface area contributed by atoms with E-state index in [1.165, 1.54) is 5.57 Å². The first-order valence-electron chi connectivity index (χ1n) is 6.62. The van der Waals surface area contributed by atoms with Crippen molar-refractivity contribution in [1.29, 1.82) is 0 Å². The molecule has 3 heteroatoms. The molecule has 4 aliphatic rings. The predicted molar refractivity (Wildman–Crippen MR) is 65.6 cm³/mol. The second kappa shape index (κ2) is 2.74. The zero-order valence-electron chi connectivity index (χ0n) is 10.9. The predicted octanol–water partition coefficient (Wildman–Crippen LogP) is 2.58. The molecule has 96 valence electrons. The fraction of sp³-hybridized carbons (Fsp3) is 0.667. The van der Waals surface area contributed by atoms with Crippen LogP contribution in [-0.2, 0) is 14.3 Å². The molecule has 2 bridgehead atoms. The maximum atomic E-state index is 12.6. The highest BCUT2D eigenvalue weighted by Crippen LogP contribution is 2.70. The molecule has 3 atom stereocenters. The summed E-state index contributed by atoms with van der Waals surface area (Å²) in [7, 11) is 0. The van der Waals surface area contributed by atoms with Crippen molar-refractivity contribution < 1.29 is 14.3 Å². The van der Waals surface area contributed by atoms with Gasteiger partial charge < -0.3 is 9.47 Å². The van der Waals surface area contributed by atoms with Crippen molar-refractivity contribution >= 4 is 5.78 Å². The third kappa shape index (κ3) is 0.923. The summed E-state index contributed by atoms with van der Waals surface area (Å²) in [6.07, 6.45) is 4.21. The Hall–Kier alpha value is -1.09. The fourth-order valence-corrected chi connectivity index (χ4v) is 4.70. The third-order valence-electron chi connectivity index (χ3n) is 5.86. The summed E-state index contributed by atoms with van der Waals surface area (Å²) in [5.41, 5.74) is 0.661. The van der Waals surface area contributed by atoms with Gasteiger partial charge in [-0.2, -0.15) is 0 Å². The second-order valence-electron chi connectivity index (χ2n) is 6.87. The van der Waals surface area contributed by atoms with Crippen LogP contribution in [-0.4, -0.2) is 18.2 Å². The quantitative estimate of drug-likeness (QED) is 0.616. The van der Waals surface area contributed by atoms with Gasteiger partial charge in [0.2, 0.25) is 0 Å². The van der Waals surface area contributed by atoms with Crippen LogP contribution >= 0.6 is 0 Å². The SMILES string of the molecule is C=C1C[C@@]23CC4(C[C@H]2C1(C)C)OCOC4=CC3=O. The van der Waals surface area contributed by atoms with Crippen LogP contribution in [0.3, 0.4) is 0 Å². The standard InChI is InChI=1S/C15H18O3/c1-9-5-14-7-15(6-10(14)13(9,2)3)12(4-11(14)16)17-8-18-15/h4,10H,1,5-8H2,2-3H3/t10-,14+,15?/m0/s1. The lowest BCUT2D eigenvalue weighted by molar-refractivity contribution is -0.127. The Bertz CT molecular complexity index is 516. The van der Waals surface area contributed by atoms with Gasteiger partial charge in [0.25, 0.3) is 0 Å². The van der Waals surface area contributed by atoms with E-state index < -0.39 is 0 Å². The number of rotatable bonds is 0. The summed E-state index contributed by atoms with van der Waals surface area (Å²) in [6.45, 7) is 8.93. The van der Waals surface area contributed by atoms with E-state index in [-0.39, 0.29) is 22.2 Å². The molecule has 3 fully saturated rings. The van der Waals surface area contributed by atoms with Crippen LogP contribution in [0.25, 0.3) is 0 Å². The lowest BCUT2D eigenvalue weighted by atomic mass is 9.69. The van der Waals surface area contributed by atoms with Crippen molar-refractivity contribution in [3.8, 4) is 0 Å². The molecule has 1 saturated heterocycles. The summed E-state index contributed by atoms with van der Waals surface area (Å²) >= 11 is 0. The van der Waals surface area contributed by atoms with Crippen LogP contribution in [0, 0.1) is 16.7 Å². The topological polar surface area (TPSA) is 35.5 Å². The number of hydrogen-bond acceptors (Lipinski definition) is 3. The zero-order valence-corrected chi connectivity index (χ0v) is 10.9. The molecule has 0 aromatic carbocycles. The Morgan fingerprint density at radius 2 is 2.22 bits per heavy atom. The number of ether oxygens (including phenoxy) is 2. The average Bonchev–Trinajstić information content (AvgIpc) is 2.86. The molecule has 3 aliphatic carbocycles. The smallest absolute Gasteiger partial charge is 0.189 e. The fourth-order valence-electron chi connectivity index (χ4n) is 4.70. The van der Waals surface area contributed by atoms with Gasteiger partial charge in [0.05, 0.1) is 0 Å². The van der Waals surface area contributed by atoms with Crippen molar-refractivity contribution in [3.63, 3.8) is 0 Å². The van der Waals surface area contributed by atoms with Crippen LogP contribution in [0.15, 0.2) is 24.0 Å². The van der Waals surface area contributed by atoms with Crippen LogP contribution in [0.1, 0.15) is 33.1 Å². The highest BCUT2D eigenvalue weighted by atomic mass is 16.7. The van der Waals surface area contributed by atoms with Crippen molar-refractivity contribution in [2.45, 2.75) is 38.7 Å². The van der Waals surface area contributed by atoms with Gasteiger partial charge in [-0.1, -0.05) is 26.0 Å². The molecule has 0 amide bonds. The third-order valence-corrected chi connectivity index (χ3v) is 5.86. The van der Waals surface area contributed by atoms with Gasteiger partial charge in [-0.3, -0.25) is 4.79 Å². The lowest BCUT2D eigenvalue weighted by Gasteiger charge is -2.32. The number of ketones is 1. The normalized spacial score (nSPS) is 47.7. The minimum Gasteiger partial charge on any atom is -0.469 e. The molecular weight excluding hydrogens is 228 g/mol. The molecule has 4 rings (SSSR count). The van der Waals surface area contributed by atoms with E-state index in [1.807, 2.05) is 0 Å². The highest BCUT2D eigenvalue weighted by Gasteiger charge is 2.71. The Balaban J connectivity index is 1.91. The number of hydrogen-bond donors (Lipinski definition) is 0. The van der Waals surface area contributed by atoms with Gasteiger partial charge in [0.1, 0.15) is 11.4 Å². The second-order valence-corrected chi connectivity index (χ2v) is 6.87. The van der Waals surface area contributed by atoms with E-state index in [1.54, 1.807) is 6.08 Å². The van der Waals surface area contributed by atoms with E-state index >= 15 is 0 Å². The minimum atomic E-state index is -0.309. The Labute approximate surface area is 107 Å². The molecule has 1 unspecified atom stereocenters. The van der Waals surface area contributed by atoms with E-state index in [2.05, 4.69) is 20.4 Å². The van der Waals surface area contributed by atoms with E-state index in [4.69, 9.17) is 9.47 Å². The maximum Gasteiger partial charge on any atom is 0.189 e. The van der Waals surface area contributed by atoms with Gasteiger partial charge in [-0.25, -0.2) is 0 Å². The van der Waals surface area contributed by atoms with E-state index in [9.17, 15) is 4.79 Å². The van der Waals surface area contributed by atoms with Gasteiger partial charge in [0.15, 0.2) is 12.6 Å². The molecule has 0 aromatic heterocycles. The van der Waals surface area contributed by atoms with Crippen LogP contribution < -0.4 is 0 Å². The maximum absolute atomic E-state index is 12.6. The summed E-state index contributed by atoms with van der Waals surface area (Å²) in [5, 5.41) is 0. The Morgan fingerprint density at radius 3 is 3.00 bits per heavy atom. The number of carbonyl (C=O) groups is 1. The monoisotopic (exact) mass is 246 g/mol. The van der Waals surface area contributed by atoms with Gasteiger partial charge in [-0.15, -0.1) is 0 Å². The lowest BCUT2D eigenvalue weighted by Crippen LogP contribution is -2.38. The summed E-state index contributed by atoms with van der Waals surface area (Å²) in [4.78, 5) is 12.6. The van der Waals surface area contributed by atoms with Crippen molar-refractivity contribution in [2.24, 2.45) is 16.7 Å². The molecule has 0 aromatic rings. The molecule has 3 nitrogen and oxygen atoms in total. The Morgan fingerprint density at radius 1 is 1.44 bits per heavy atom. The van der Waals surface area contributed by atoms with Crippen molar-refractivity contribution in [3.05, 3.63) is 24.0 Å². The highest BCUT2D eigenvalue weighted by molar-refractivity contribution is 5.98. The van der Waals surface area contributed by atoms with Crippen molar-refractivity contribution in [1.82, 2.24) is 0 Å². The molecule has 1 heterocycles. The molecular formula is C15H18O3. The average molecular weight is 246 g/mol. The first-order valence-corrected chi connectivity index (χ1v) is 6.62. The molecule has 0 N–H and O–H groups in total. The first-order chi connectivity index (χ1) is 8.41. The number of allylic oxidation sites excluding steroid dienone is 2. The first kappa shape index (κ1) is 10.8. The summed E-state index contributed by atoms with van der Waals surface area (Å²) in [5.74, 6) is 1.34. The van der Waals surface area contributed by atoms with Crippen molar-refractivity contribution in [2.75, 3.05) is 6.79 Å². The molecule has 2 spiro atoms. The molecule has 2 saturated carbocycles. The summed E-state index contributed by atoms with van der Waals surface area (Å²) < 4.78 is 11.4. The minimum absolute atomic E-state index is 0.0222. The van der Waals surface area contributed by atoms with Gasteiger partial charge >= 0.3 is 0 Å². The van der Waals surface area contributed by atoms with Gasteiger partial charge in [-0.05, 0) is 30.6 Å². The molecule has 1 aliphatic heterocycles. The van der Waals surface area contributed by atoms with Crippen LogP contribution in [0.4, 0.5) is 0 Å². The van der Waals surface area contributed by atoms with Gasteiger partial charge in [0, 0.05) is 11.5 Å². The van der Waals surface area contributed by atoms with Crippen LogP contribution in [0.2, 0.25) is 0 Å². The largest absolute Gasteiger partial charge is 0.469 e. The van der Waals surface area contributed by atoms with E-state index in [0.29, 0.717) is 12.7 Å². The molecule has 0 radical (unpaired) electrons. The summed E-state index contributed by atoms with van der Waals surface area (Å²) in [6, 6.07) is 0. The van der Waals surface area contributed by atoms with E-state index in [0.717, 1.165) is 25.0 Å². The number of carbonyl (C=O) groups excluding carboxylic acids is 1. The zero-order chi connectivity index (χ0) is 12.8. The van der Waals surface area contributed by atoms with Crippen LogP contribution in [0.5, 0.6) is 0 Å². The Kier molecular flexibility index (Phi) is 1.65.